The Hall–Kier alpha value is -3.75. The molecular weight excluding hydrogens is 461 g/mol. The molecular formula is C26H25F3N2O4. The number of halogens is 3. The molecule has 1 aliphatic carbocycles. The molecule has 2 aromatic carbocycles. The Morgan fingerprint density at radius 2 is 1.86 bits per heavy atom. The third-order valence-corrected chi connectivity index (χ3v) is 6.22. The number of carbonyl (C=O) groups is 2. The lowest BCUT2D eigenvalue weighted by atomic mass is 9.74. The number of Topliss-reactive ketones (excluding diaryl/α,β-unsaturated/α-hetero) is 1. The summed E-state index contributed by atoms with van der Waals surface area (Å²) in [6.07, 6.45) is -2.88. The van der Waals surface area contributed by atoms with E-state index in [0.29, 0.717) is 47.6 Å². The van der Waals surface area contributed by atoms with Crippen LogP contribution in [0.2, 0.25) is 0 Å². The summed E-state index contributed by atoms with van der Waals surface area (Å²) in [6, 6.07) is 9.54. The van der Waals surface area contributed by atoms with E-state index in [-0.39, 0.29) is 17.0 Å². The van der Waals surface area contributed by atoms with Gasteiger partial charge in [0.2, 0.25) is 0 Å². The van der Waals surface area contributed by atoms with Crippen molar-refractivity contribution in [2.45, 2.75) is 38.3 Å². The van der Waals surface area contributed by atoms with E-state index >= 15 is 0 Å². The molecule has 1 heterocycles. The molecule has 0 unspecified atom stereocenters. The number of amides is 1. The van der Waals surface area contributed by atoms with Gasteiger partial charge in [0.15, 0.2) is 5.78 Å². The van der Waals surface area contributed by atoms with Crippen LogP contribution in [0, 0.1) is 0 Å². The van der Waals surface area contributed by atoms with Crippen molar-refractivity contribution in [3.63, 3.8) is 0 Å². The number of benzene rings is 2. The molecule has 6 nitrogen and oxygen atoms in total. The first-order valence-electron chi connectivity index (χ1n) is 11.1. The van der Waals surface area contributed by atoms with Gasteiger partial charge < -0.3 is 20.1 Å². The molecule has 184 valence electrons. The largest absolute Gasteiger partial charge is 0.497 e. The summed E-state index contributed by atoms with van der Waals surface area (Å²) >= 11 is 0. The number of ketones is 1. The smallest absolute Gasteiger partial charge is 0.416 e. The van der Waals surface area contributed by atoms with Crippen LogP contribution in [0.3, 0.4) is 0 Å². The lowest BCUT2D eigenvalue weighted by Gasteiger charge is -2.35. The highest BCUT2D eigenvalue weighted by molar-refractivity contribution is 6.10. The molecule has 0 spiro atoms. The fourth-order valence-electron chi connectivity index (χ4n) is 4.63. The first-order chi connectivity index (χ1) is 16.6. The molecule has 1 atom stereocenters. The standard InChI is InChI=1S/C26H25F3N2O4/c1-14-22(25(33)31-16-7-4-6-15(12-16)26(27,28)29)23(24-19(30-14)8-5-9-20(24)32)18-13-17(34-2)10-11-21(18)35-3/h4,6-7,10-13,23,30H,5,8-9H2,1-3H3,(H,31,33)/t23-/m0/s1. The number of dihydropyridines is 1. The summed E-state index contributed by atoms with van der Waals surface area (Å²) in [4.78, 5) is 26.7. The Kier molecular flexibility index (Phi) is 6.60. The number of anilines is 1. The molecule has 1 amide bonds. The van der Waals surface area contributed by atoms with Crippen molar-refractivity contribution in [2.75, 3.05) is 19.5 Å². The Morgan fingerprint density at radius 1 is 1.09 bits per heavy atom. The normalized spacial score (nSPS) is 18.1. The number of nitrogens with one attached hydrogen (secondary N) is 2. The number of rotatable bonds is 5. The minimum absolute atomic E-state index is 0.00349. The van der Waals surface area contributed by atoms with Gasteiger partial charge in [0.05, 0.1) is 25.7 Å². The molecule has 35 heavy (non-hydrogen) atoms. The quantitative estimate of drug-likeness (QED) is 0.598. The van der Waals surface area contributed by atoms with Gasteiger partial charge in [-0.05, 0) is 56.2 Å². The van der Waals surface area contributed by atoms with Crippen LogP contribution >= 0.6 is 0 Å². The highest BCUT2D eigenvalue weighted by atomic mass is 19.4. The summed E-state index contributed by atoms with van der Waals surface area (Å²) in [5.74, 6) is -0.519. The van der Waals surface area contributed by atoms with Crippen LogP contribution in [0.4, 0.5) is 18.9 Å². The highest BCUT2D eigenvalue weighted by Gasteiger charge is 2.40. The second-order valence-corrected chi connectivity index (χ2v) is 8.41. The lowest BCUT2D eigenvalue weighted by molar-refractivity contribution is -0.137. The van der Waals surface area contributed by atoms with E-state index in [1.165, 1.54) is 26.4 Å². The number of methoxy groups -OCH3 is 2. The molecule has 0 saturated carbocycles. The summed E-state index contributed by atoms with van der Waals surface area (Å²) in [5.41, 5.74) is 1.62. The van der Waals surface area contributed by atoms with Crippen molar-refractivity contribution >= 4 is 17.4 Å². The van der Waals surface area contributed by atoms with Gasteiger partial charge in [0, 0.05) is 40.2 Å². The van der Waals surface area contributed by atoms with Crippen molar-refractivity contribution in [1.29, 1.82) is 0 Å². The second-order valence-electron chi connectivity index (χ2n) is 8.41. The molecule has 0 aromatic heterocycles. The lowest BCUT2D eigenvalue weighted by Crippen LogP contribution is -2.35. The van der Waals surface area contributed by atoms with Gasteiger partial charge in [0.1, 0.15) is 11.5 Å². The predicted molar refractivity (Wildman–Crippen MR) is 124 cm³/mol. The average molecular weight is 486 g/mol. The monoisotopic (exact) mass is 486 g/mol. The topological polar surface area (TPSA) is 76.7 Å². The average Bonchev–Trinajstić information content (AvgIpc) is 2.82. The molecule has 0 saturated heterocycles. The van der Waals surface area contributed by atoms with Crippen LogP contribution in [0.5, 0.6) is 11.5 Å². The van der Waals surface area contributed by atoms with E-state index in [1.54, 1.807) is 25.1 Å². The van der Waals surface area contributed by atoms with E-state index in [2.05, 4.69) is 10.6 Å². The Morgan fingerprint density at radius 3 is 2.54 bits per heavy atom. The van der Waals surface area contributed by atoms with E-state index in [0.717, 1.165) is 17.8 Å². The minimum Gasteiger partial charge on any atom is -0.497 e. The van der Waals surface area contributed by atoms with E-state index in [9.17, 15) is 22.8 Å². The molecule has 4 rings (SSSR count). The zero-order valence-corrected chi connectivity index (χ0v) is 19.5. The van der Waals surface area contributed by atoms with Gasteiger partial charge >= 0.3 is 6.18 Å². The fraction of sp³-hybridized carbons (Fsp3) is 0.308. The predicted octanol–water partition coefficient (Wildman–Crippen LogP) is 5.33. The number of hydrogen-bond acceptors (Lipinski definition) is 5. The first-order valence-corrected chi connectivity index (χ1v) is 11.1. The Bertz CT molecular complexity index is 1250. The summed E-state index contributed by atoms with van der Waals surface area (Å²) in [6.45, 7) is 1.71. The maximum Gasteiger partial charge on any atom is 0.416 e. The number of ether oxygens (including phenoxy) is 2. The maximum absolute atomic E-state index is 13.6. The van der Waals surface area contributed by atoms with E-state index < -0.39 is 23.6 Å². The molecule has 9 heteroatoms. The van der Waals surface area contributed by atoms with Gasteiger partial charge in [-0.1, -0.05) is 6.07 Å². The zero-order valence-electron chi connectivity index (χ0n) is 19.5. The van der Waals surface area contributed by atoms with Gasteiger partial charge in [-0.25, -0.2) is 0 Å². The number of allylic oxidation sites excluding steroid dienone is 3. The van der Waals surface area contributed by atoms with Crippen LogP contribution in [0.15, 0.2) is 65.0 Å². The molecule has 1 aliphatic heterocycles. The minimum atomic E-state index is -4.55. The maximum atomic E-state index is 13.6. The van der Waals surface area contributed by atoms with Gasteiger partial charge in [0.25, 0.3) is 5.91 Å². The SMILES string of the molecule is COc1ccc(OC)c([C@H]2C(C(=O)Nc3cccc(C(F)(F)F)c3)=C(C)NC3=C2C(=O)CCC3)c1. The van der Waals surface area contributed by atoms with Crippen LogP contribution < -0.4 is 20.1 Å². The van der Waals surface area contributed by atoms with Crippen molar-refractivity contribution in [2.24, 2.45) is 0 Å². The highest BCUT2D eigenvalue weighted by Crippen LogP contribution is 2.46. The summed E-state index contributed by atoms with van der Waals surface area (Å²) < 4.78 is 50.5. The van der Waals surface area contributed by atoms with E-state index in [4.69, 9.17) is 9.47 Å². The van der Waals surface area contributed by atoms with Crippen molar-refractivity contribution in [3.05, 3.63) is 76.1 Å². The van der Waals surface area contributed by atoms with Gasteiger partial charge in [-0.2, -0.15) is 13.2 Å². The third kappa shape index (κ3) is 4.76. The zero-order chi connectivity index (χ0) is 25.3. The molecule has 0 radical (unpaired) electrons. The first kappa shape index (κ1) is 24.4. The molecule has 0 fully saturated rings. The van der Waals surface area contributed by atoms with Crippen LogP contribution in [-0.2, 0) is 15.8 Å². The van der Waals surface area contributed by atoms with E-state index in [1.807, 2.05) is 0 Å². The Labute approximate surface area is 200 Å². The molecule has 0 bridgehead atoms. The molecule has 2 aliphatic rings. The third-order valence-electron chi connectivity index (χ3n) is 6.22. The van der Waals surface area contributed by atoms with Crippen molar-refractivity contribution in [1.82, 2.24) is 5.32 Å². The second kappa shape index (κ2) is 9.48. The molecule has 2 N–H and O–H groups in total. The van der Waals surface area contributed by atoms with Crippen LogP contribution in [0.1, 0.15) is 43.2 Å². The van der Waals surface area contributed by atoms with Crippen LogP contribution in [-0.4, -0.2) is 25.9 Å². The van der Waals surface area contributed by atoms with Gasteiger partial charge in [-0.15, -0.1) is 0 Å². The van der Waals surface area contributed by atoms with Crippen molar-refractivity contribution < 1.29 is 32.2 Å². The number of alkyl halides is 3. The van der Waals surface area contributed by atoms with Gasteiger partial charge in [-0.3, -0.25) is 9.59 Å². The van der Waals surface area contributed by atoms with Crippen LogP contribution in [0.25, 0.3) is 0 Å². The number of carbonyl (C=O) groups excluding carboxylic acids is 2. The van der Waals surface area contributed by atoms with Crippen molar-refractivity contribution in [3.8, 4) is 11.5 Å². The summed E-state index contributed by atoms with van der Waals surface area (Å²) in [5, 5.41) is 5.78. The Balaban J connectivity index is 1.82. The number of hydrogen-bond donors (Lipinski definition) is 2. The molecule has 2 aromatic rings. The fourth-order valence-corrected chi connectivity index (χ4v) is 4.63. The summed E-state index contributed by atoms with van der Waals surface area (Å²) in [7, 11) is 3.00.